The Balaban J connectivity index is 1.95. The molecule has 0 spiro atoms. The van der Waals surface area contributed by atoms with Crippen molar-refractivity contribution in [2.45, 2.75) is 0 Å². The molecule has 0 heterocycles. The van der Waals surface area contributed by atoms with Gasteiger partial charge in [0.15, 0.2) is 0 Å². The largest absolute Gasteiger partial charge is 0.269 e. The summed E-state index contributed by atoms with van der Waals surface area (Å²) >= 11 is 11.6. The van der Waals surface area contributed by atoms with Crippen LogP contribution >= 0.6 is 23.2 Å². The normalized spacial score (nSPS) is 10.6. The van der Waals surface area contributed by atoms with Gasteiger partial charge < -0.3 is 0 Å². The second kappa shape index (κ2) is 7.76. The van der Waals surface area contributed by atoms with Crippen LogP contribution in [0.15, 0.2) is 48.5 Å². The zero-order valence-electron chi connectivity index (χ0n) is 11.6. The van der Waals surface area contributed by atoms with E-state index in [2.05, 4.69) is 10.9 Å². The van der Waals surface area contributed by atoms with E-state index >= 15 is 0 Å². The number of rotatable bonds is 3. The SMILES string of the molecule is O=C(/C=C/c1c(F)cccc1Cl)NNC(=O)c1cccc(Cl)c1. The Labute approximate surface area is 141 Å². The molecule has 118 valence electrons. The maximum Gasteiger partial charge on any atom is 0.269 e. The fraction of sp³-hybridized carbons (Fsp3) is 0. The molecule has 0 unspecified atom stereocenters. The zero-order chi connectivity index (χ0) is 16.8. The van der Waals surface area contributed by atoms with Crippen molar-refractivity contribution < 1.29 is 14.0 Å². The molecule has 0 saturated heterocycles. The van der Waals surface area contributed by atoms with Gasteiger partial charge in [0.05, 0.1) is 5.02 Å². The third-order valence-corrected chi connectivity index (χ3v) is 3.35. The van der Waals surface area contributed by atoms with Crippen molar-refractivity contribution in [2.75, 3.05) is 0 Å². The van der Waals surface area contributed by atoms with Gasteiger partial charge in [0.2, 0.25) is 0 Å². The minimum atomic E-state index is -0.639. The lowest BCUT2D eigenvalue weighted by molar-refractivity contribution is -0.117. The number of hydrogen-bond acceptors (Lipinski definition) is 2. The van der Waals surface area contributed by atoms with Gasteiger partial charge >= 0.3 is 0 Å². The number of amides is 2. The second-order valence-corrected chi connectivity index (χ2v) is 5.27. The molecule has 0 saturated carbocycles. The molecule has 2 aromatic carbocycles. The smallest absolute Gasteiger partial charge is 0.268 e. The number of halogens is 3. The van der Waals surface area contributed by atoms with E-state index in [1.165, 1.54) is 30.3 Å². The van der Waals surface area contributed by atoms with E-state index in [9.17, 15) is 14.0 Å². The lowest BCUT2D eigenvalue weighted by Crippen LogP contribution is -2.40. The first-order chi connectivity index (χ1) is 11.0. The van der Waals surface area contributed by atoms with Gasteiger partial charge in [-0.15, -0.1) is 0 Å². The highest BCUT2D eigenvalue weighted by molar-refractivity contribution is 6.32. The summed E-state index contributed by atoms with van der Waals surface area (Å²) in [6.07, 6.45) is 2.28. The van der Waals surface area contributed by atoms with E-state index in [0.29, 0.717) is 10.6 Å². The van der Waals surface area contributed by atoms with Gasteiger partial charge in [-0.2, -0.15) is 0 Å². The zero-order valence-corrected chi connectivity index (χ0v) is 13.2. The summed E-state index contributed by atoms with van der Waals surface area (Å²) in [4.78, 5) is 23.4. The first-order valence-corrected chi connectivity index (χ1v) is 7.21. The van der Waals surface area contributed by atoms with Gasteiger partial charge in [-0.05, 0) is 36.4 Å². The summed E-state index contributed by atoms with van der Waals surface area (Å²) in [7, 11) is 0. The van der Waals surface area contributed by atoms with Crippen LogP contribution in [0.4, 0.5) is 4.39 Å². The van der Waals surface area contributed by atoms with Crippen LogP contribution in [0.3, 0.4) is 0 Å². The molecule has 0 aromatic heterocycles. The Bertz CT molecular complexity index is 758. The molecule has 2 N–H and O–H groups in total. The van der Waals surface area contributed by atoms with Gasteiger partial charge in [-0.25, -0.2) is 4.39 Å². The van der Waals surface area contributed by atoms with Crippen molar-refractivity contribution in [1.29, 1.82) is 0 Å². The highest BCUT2D eigenvalue weighted by Gasteiger charge is 2.07. The topological polar surface area (TPSA) is 58.2 Å². The van der Waals surface area contributed by atoms with Crippen LogP contribution in [-0.2, 0) is 4.79 Å². The summed E-state index contributed by atoms with van der Waals surface area (Å²) in [6.45, 7) is 0. The van der Waals surface area contributed by atoms with E-state index in [1.807, 2.05) is 0 Å². The third-order valence-electron chi connectivity index (χ3n) is 2.79. The molecular formula is C16H11Cl2FN2O2. The molecule has 4 nitrogen and oxygen atoms in total. The predicted molar refractivity (Wildman–Crippen MR) is 87.5 cm³/mol. The molecular weight excluding hydrogens is 342 g/mol. The monoisotopic (exact) mass is 352 g/mol. The van der Waals surface area contributed by atoms with E-state index in [4.69, 9.17) is 23.2 Å². The number of hydrogen-bond donors (Lipinski definition) is 2. The van der Waals surface area contributed by atoms with Crippen molar-refractivity contribution in [1.82, 2.24) is 10.9 Å². The minimum Gasteiger partial charge on any atom is -0.268 e. The van der Waals surface area contributed by atoms with Crippen molar-refractivity contribution in [3.8, 4) is 0 Å². The van der Waals surface area contributed by atoms with Crippen LogP contribution in [0.2, 0.25) is 10.0 Å². The van der Waals surface area contributed by atoms with Crippen LogP contribution in [-0.4, -0.2) is 11.8 Å². The van der Waals surface area contributed by atoms with Gasteiger partial charge in [-0.3, -0.25) is 20.4 Å². The molecule has 2 rings (SSSR count). The van der Waals surface area contributed by atoms with E-state index < -0.39 is 17.6 Å². The third kappa shape index (κ3) is 4.81. The summed E-state index contributed by atoms with van der Waals surface area (Å²) in [5.74, 6) is -1.72. The van der Waals surface area contributed by atoms with Gasteiger partial charge in [0.1, 0.15) is 5.82 Å². The Morgan fingerprint density at radius 3 is 2.48 bits per heavy atom. The lowest BCUT2D eigenvalue weighted by atomic mass is 10.2. The Kier molecular flexibility index (Phi) is 5.73. The number of benzene rings is 2. The molecule has 0 fully saturated rings. The van der Waals surface area contributed by atoms with Crippen molar-refractivity contribution >= 4 is 41.1 Å². The van der Waals surface area contributed by atoms with Crippen LogP contribution in [0, 0.1) is 5.82 Å². The Morgan fingerprint density at radius 2 is 1.78 bits per heavy atom. The lowest BCUT2D eigenvalue weighted by Gasteiger charge is -2.05. The van der Waals surface area contributed by atoms with Crippen molar-refractivity contribution in [3.05, 3.63) is 75.5 Å². The molecule has 0 atom stereocenters. The average molecular weight is 353 g/mol. The number of hydrazine groups is 1. The Hall–Kier alpha value is -2.37. The summed E-state index contributed by atoms with van der Waals surface area (Å²) in [5.41, 5.74) is 4.77. The first-order valence-electron chi connectivity index (χ1n) is 6.45. The summed E-state index contributed by atoms with van der Waals surface area (Å²) < 4.78 is 13.5. The maximum atomic E-state index is 13.5. The molecule has 2 aromatic rings. The van der Waals surface area contributed by atoms with Crippen LogP contribution in [0.25, 0.3) is 6.08 Å². The second-order valence-electron chi connectivity index (χ2n) is 4.42. The molecule has 0 aliphatic heterocycles. The summed E-state index contributed by atoms with van der Waals surface area (Å²) in [6, 6.07) is 10.4. The van der Waals surface area contributed by atoms with Crippen LogP contribution in [0.5, 0.6) is 0 Å². The number of carbonyl (C=O) groups is 2. The van der Waals surface area contributed by atoms with Crippen LogP contribution < -0.4 is 10.9 Å². The molecule has 0 bridgehead atoms. The fourth-order valence-corrected chi connectivity index (χ4v) is 2.11. The van der Waals surface area contributed by atoms with E-state index in [1.54, 1.807) is 18.2 Å². The highest BCUT2D eigenvalue weighted by atomic mass is 35.5. The van der Waals surface area contributed by atoms with Gasteiger partial charge in [0.25, 0.3) is 11.8 Å². The molecule has 0 aliphatic carbocycles. The minimum absolute atomic E-state index is 0.0884. The van der Waals surface area contributed by atoms with Gasteiger partial charge in [-0.1, -0.05) is 35.3 Å². The molecule has 23 heavy (non-hydrogen) atoms. The molecule has 0 aliphatic rings. The molecule has 2 amide bonds. The first kappa shape index (κ1) is 17.0. The summed E-state index contributed by atoms with van der Waals surface area (Å²) in [5, 5.41) is 0.579. The van der Waals surface area contributed by atoms with Gasteiger partial charge in [0, 0.05) is 22.2 Å². The standard InChI is InChI=1S/C16H11Cl2FN2O2/c17-11-4-1-3-10(9-11)16(23)21-20-15(22)8-7-12-13(18)5-2-6-14(12)19/h1-9H,(H,20,22)(H,21,23)/b8-7+. The Morgan fingerprint density at radius 1 is 1.04 bits per heavy atom. The van der Waals surface area contributed by atoms with E-state index in [-0.39, 0.29) is 10.6 Å². The predicted octanol–water partition coefficient (Wildman–Crippen LogP) is 3.61. The maximum absolute atomic E-state index is 13.5. The highest BCUT2D eigenvalue weighted by Crippen LogP contribution is 2.20. The van der Waals surface area contributed by atoms with E-state index in [0.717, 1.165) is 6.08 Å². The number of nitrogens with one attached hydrogen (secondary N) is 2. The molecule has 0 radical (unpaired) electrons. The fourth-order valence-electron chi connectivity index (χ4n) is 1.69. The van der Waals surface area contributed by atoms with Crippen molar-refractivity contribution in [3.63, 3.8) is 0 Å². The van der Waals surface area contributed by atoms with Crippen LogP contribution in [0.1, 0.15) is 15.9 Å². The number of carbonyl (C=O) groups excluding carboxylic acids is 2. The average Bonchev–Trinajstić information content (AvgIpc) is 2.52. The quantitative estimate of drug-likeness (QED) is 0.654. The molecule has 7 heteroatoms. The van der Waals surface area contributed by atoms with Crippen molar-refractivity contribution in [2.24, 2.45) is 0 Å².